The molecule has 0 aromatic carbocycles. The quantitative estimate of drug-likeness (QED) is 0.719. The molecule has 0 amide bonds. The predicted molar refractivity (Wildman–Crippen MR) is 66.2 cm³/mol. The Bertz CT molecular complexity index is 431. The Labute approximate surface area is 109 Å². The van der Waals surface area contributed by atoms with Gasteiger partial charge in [-0.05, 0) is 24.7 Å². The molecular formula is C11H17N3O3S. The fourth-order valence-electron chi connectivity index (χ4n) is 1.95. The zero-order valence-electron chi connectivity index (χ0n) is 10.2. The lowest BCUT2D eigenvalue weighted by Gasteiger charge is -2.14. The van der Waals surface area contributed by atoms with E-state index in [9.17, 15) is 9.90 Å². The maximum atomic E-state index is 10.6. The minimum absolute atomic E-state index is 0.0403. The summed E-state index contributed by atoms with van der Waals surface area (Å²) >= 11 is 1.14. The van der Waals surface area contributed by atoms with Crippen molar-refractivity contribution in [2.45, 2.75) is 38.1 Å². The van der Waals surface area contributed by atoms with Crippen LogP contribution in [0.2, 0.25) is 0 Å². The van der Waals surface area contributed by atoms with Crippen LogP contribution in [-0.4, -0.2) is 36.7 Å². The molecule has 1 aliphatic carbocycles. The van der Waals surface area contributed by atoms with E-state index in [1.165, 1.54) is 12.8 Å². The van der Waals surface area contributed by atoms with Crippen LogP contribution in [0.15, 0.2) is 5.16 Å². The Hall–Kier alpha value is -1.08. The number of rotatable bonds is 7. The summed E-state index contributed by atoms with van der Waals surface area (Å²) < 4.78 is 1.84. The van der Waals surface area contributed by atoms with Gasteiger partial charge in [0.1, 0.15) is 6.61 Å². The first-order valence-electron chi connectivity index (χ1n) is 5.99. The van der Waals surface area contributed by atoms with Crippen molar-refractivity contribution < 1.29 is 15.0 Å². The molecule has 1 aromatic rings. The second-order valence-corrected chi connectivity index (χ2v) is 5.61. The van der Waals surface area contributed by atoms with E-state index in [1.807, 2.05) is 4.57 Å². The highest BCUT2D eigenvalue weighted by Crippen LogP contribution is 2.37. The number of aromatic nitrogens is 3. The third-order valence-corrected chi connectivity index (χ3v) is 4.11. The number of hydrogen-bond acceptors (Lipinski definition) is 5. The fourth-order valence-corrected chi connectivity index (χ4v) is 2.64. The minimum atomic E-state index is -0.879. The molecule has 1 aliphatic rings. The lowest BCUT2D eigenvalue weighted by Crippen LogP contribution is -2.14. The third kappa shape index (κ3) is 3.23. The van der Waals surface area contributed by atoms with E-state index in [0.717, 1.165) is 24.2 Å². The smallest absolute Gasteiger partial charge is 0.313 e. The summed E-state index contributed by atoms with van der Waals surface area (Å²) in [5, 5.41) is 26.3. The molecule has 0 bridgehead atoms. The van der Waals surface area contributed by atoms with Crippen LogP contribution in [-0.2, 0) is 17.9 Å². The molecule has 18 heavy (non-hydrogen) atoms. The van der Waals surface area contributed by atoms with E-state index >= 15 is 0 Å². The molecule has 0 aliphatic heterocycles. The summed E-state index contributed by atoms with van der Waals surface area (Å²) in [7, 11) is 0. The summed E-state index contributed by atoms with van der Waals surface area (Å²) in [5.41, 5.74) is 0. The van der Waals surface area contributed by atoms with Crippen molar-refractivity contribution in [1.82, 2.24) is 14.8 Å². The van der Waals surface area contributed by atoms with Crippen LogP contribution in [0.4, 0.5) is 0 Å². The molecule has 0 spiro atoms. The van der Waals surface area contributed by atoms with Crippen LogP contribution in [0, 0.1) is 11.8 Å². The molecule has 7 heteroatoms. The lowest BCUT2D eigenvalue weighted by molar-refractivity contribution is -0.133. The fraction of sp³-hybridized carbons (Fsp3) is 0.727. The number of carboxylic acids is 1. The molecule has 2 N–H and O–H groups in total. The second kappa shape index (κ2) is 5.71. The highest BCUT2D eigenvalue weighted by molar-refractivity contribution is 7.99. The predicted octanol–water partition coefficient (Wildman–Crippen LogP) is 0.993. The molecule has 1 atom stereocenters. The summed E-state index contributed by atoms with van der Waals surface area (Å²) in [6.07, 6.45) is 2.52. The Morgan fingerprint density at radius 1 is 1.56 bits per heavy atom. The molecule has 1 heterocycles. The van der Waals surface area contributed by atoms with Gasteiger partial charge in [-0.25, -0.2) is 0 Å². The third-order valence-electron chi connectivity index (χ3n) is 3.16. The number of carbonyl (C=O) groups is 1. The van der Waals surface area contributed by atoms with Gasteiger partial charge in [-0.15, -0.1) is 10.2 Å². The Kier molecular flexibility index (Phi) is 4.23. The molecule has 1 saturated carbocycles. The first-order chi connectivity index (χ1) is 8.61. The van der Waals surface area contributed by atoms with Crippen molar-refractivity contribution in [2.24, 2.45) is 11.8 Å². The summed E-state index contributed by atoms with van der Waals surface area (Å²) in [6.45, 7) is 2.75. The molecule has 2 rings (SSSR count). The monoisotopic (exact) mass is 271 g/mol. The summed E-state index contributed by atoms with van der Waals surface area (Å²) in [4.78, 5) is 10.6. The van der Waals surface area contributed by atoms with Crippen molar-refractivity contribution >= 4 is 17.7 Å². The van der Waals surface area contributed by atoms with Gasteiger partial charge < -0.3 is 14.8 Å². The molecular weight excluding hydrogens is 254 g/mol. The molecule has 1 unspecified atom stereocenters. The highest BCUT2D eigenvalue weighted by Gasteiger charge is 2.29. The zero-order chi connectivity index (χ0) is 13.1. The molecule has 1 aromatic heterocycles. The second-order valence-electron chi connectivity index (χ2n) is 4.66. The number of thioether (sulfide) groups is 1. The number of hydrogen-bond donors (Lipinski definition) is 2. The first-order valence-corrected chi connectivity index (χ1v) is 6.98. The van der Waals surface area contributed by atoms with Gasteiger partial charge in [0.25, 0.3) is 0 Å². The minimum Gasteiger partial charge on any atom is -0.481 e. The molecule has 0 radical (unpaired) electrons. The number of aliphatic hydroxyl groups is 1. The molecule has 6 nitrogen and oxygen atoms in total. The number of aliphatic carboxylic acids is 1. The van der Waals surface area contributed by atoms with Crippen LogP contribution >= 0.6 is 11.8 Å². The van der Waals surface area contributed by atoms with E-state index in [4.69, 9.17) is 5.11 Å². The van der Waals surface area contributed by atoms with Crippen molar-refractivity contribution in [3.63, 3.8) is 0 Å². The Morgan fingerprint density at radius 2 is 2.28 bits per heavy atom. The summed E-state index contributed by atoms with van der Waals surface area (Å²) in [6, 6.07) is 0. The standard InChI is InChI=1S/C11H17N3O3S/c1-7(8-2-3-8)4-14-9(5-15)12-13-11(14)18-6-10(16)17/h7-8,15H,2-6H2,1H3,(H,16,17). The average molecular weight is 271 g/mol. The van der Waals surface area contributed by atoms with E-state index in [1.54, 1.807) is 0 Å². The Morgan fingerprint density at radius 3 is 2.83 bits per heavy atom. The van der Waals surface area contributed by atoms with Crippen molar-refractivity contribution in [1.29, 1.82) is 0 Å². The van der Waals surface area contributed by atoms with Gasteiger partial charge in [0.2, 0.25) is 0 Å². The highest BCUT2D eigenvalue weighted by atomic mass is 32.2. The van der Waals surface area contributed by atoms with Gasteiger partial charge >= 0.3 is 5.97 Å². The topological polar surface area (TPSA) is 88.2 Å². The number of carboxylic acid groups (broad SMARTS) is 1. The molecule has 1 fully saturated rings. The van der Waals surface area contributed by atoms with Gasteiger partial charge in [-0.1, -0.05) is 18.7 Å². The van der Waals surface area contributed by atoms with E-state index in [-0.39, 0.29) is 12.4 Å². The van der Waals surface area contributed by atoms with Crippen molar-refractivity contribution in [3.8, 4) is 0 Å². The van der Waals surface area contributed by atoms with Crippen LogP contribution in [0.5, 0.6) is 0 Å². The molecule has 0 saturated heterocycles. The number of aliphatic hydroxyl groups excluding tert-OH is 1. The van der Waals surface area contributed by atoms with Crippen LogP contribution in [0.1, 0.15) is 25.6 Å². The van der Waals surface area contributed by atoms with E-state index in [2.05, 4.69) is 17.1 Å². The normalized spacial score (nSPS) is 16.8. The van der Waals surface area contributed by atoms with Crippen LogP contribution in [0.25, 0.3) is 0 Å². The summed E-state index contributed by atoms with van der Waals surface area (Å²) in [5.74, 6) is 0.846. The average Bonchev–Trinajstić information content (AvgIpc) is 3.11. The Balaban J connectivity index is 2.08. The maximum absolute atomic E-state index is 10.6. The number of nitrogens with zero attached hydrogens (tertiary/aromatic N) is 3. The SMILES string of the molecule is CC(Cn1c(CO)nnc1SCC(=O)O)C1CC1. The van der Waals surface area contributed by atoms with Crippen LogP contribution in [0.3, 0.4) is 0 Å². The van der Waals surface area contributed by atoms with Crippen molar-refractivity contribution in [3.05, 3.63) is 5.82 Å². The van der Waals surface area contributed by atoms with Crippen LogP contribution < -0.4 is 0 Å². The van der Waals surface area contributed by atoms with Gasteiger partial charge in [-0.3, -0.25) is 4.79 Å². The van der Waals surface area contributed by atoms with Crippen molar-refractivity contribution in [2.75, 3.05) is 5.75 Å². The maximum Gasteiger partial charge on any atom is 0.313 e. The van der Waals surface area contributed by atoms with E-state index < -0.39 is 5.97 Å². The van der Waals surface area contributed by atoms with E-state index in [0.29, 0.717) is 16.9 Å². The lowest BCUT2D eigenvalue weighted by atomic mass is 10.1. The first kappa shape index (κ1) is 13.4. The van der Waals surface area contributed by atoms with Gasteiger partial charge in [0, 0.05) is 6.54 Å². The van der Waals surface area contributed by atoms with Gasteiger partial charge in [-0.2, -0.15) is 0 Å². The van der Waals surface area contributed by atoms with Gasteiger partial charge in [0.15, 0.2) is 11.0 Å². The zero-order valence-corrected chi connectivity index (χ0v) is 11.1. The van der Waals surface area contributed by atoms with Gasteiger partial charge in [0.05, 0.1) is 5.75 Å². The molecule has 100 valence electrons. The largest absolute Gasteiger partial charge is 0.481 e.